The average molecular weight is 418 g/mol. The van der Waals surface area contributed by atoms with E-state index in [1.807, 2.05) is 54.3 Å². The molecule has 1 amide bonds. The molecule has 5 rings (SSSR count). The standard InChI is InChI=1S/C22H22N6O3/c1-15-4-2-3-5-17(15)22-23-21(25-31-22)16-6-7-19-18(14-16)24-26-28(19)9-8-20(29)27-10-12-30-13-11-27/h2-7,14H,8-13H2,1H3. The molecule has 0 bridgehead atoms. The highest BCUT2D eigenvalue weighted by molar-refractivity contribution is 5.80. The fourth-order valence-electron chi connectivity index (χ4n) is 3.71. The van der Waals surface area contributed by atoms with Crippen LogP contribution in [-0.4, -0.2) is 62.2 Å². The van der Waals surface area contributed by atoms with Crippen LogP contribution in [0.5, 0.6) is 0 Å². The molecule has 9 nitrogen and oxygen atoms in total. The van der Waals surface area contributed by atoms with Crippen LogP contribution in [0, 0.1) is 6.92 Å². The van der Waals surface area contributed by atoms with Gasteiger partial charge < -0.3 is 14.2 Å². The zero-order valence-electron chi connectivity index (χ0n) is 17.2. The molecule has 0 radical (unpaired) electrons. The minimum Gasteiger partial charge on any atom is -0.378 e. The number of rotatable bonds is 5. The predicted molar refractivity (Wildman–Crippen MR) is 113 cm³/mol. The smallest absolute Gasteiger partial charge is 0.258 e. The lowest BCUT2D eigenvalue weighted by Gasteiger charge is -2.26. The number of hydrogen-bond acceptors (Lipinski definition) is 7. The zero-order valence-corrected chi connectivity index (χ0v) is 17.2. The summed E-state index contributed by atoms with van der Waals surface area (Å²) in [5.41, 5.74) is 4.37. The molecule has 2 aromatic carbocycles. The highest BCUT2D eigenvalue weighted by atomic mass is 16.5. The molecule has 4 aromatic rings. The van der Waals surface area contributed by atoms with Crippen molar-refractivity contribution in [1.29, 1.82) is 0 Å². The van der Waals surface area contributed by atoms with E-state index >= 15 is 0 Å². The number of nitrogens with zero attached hydrogens (tertiary/aromatic N) is 6. The van der Waals surface area contributed by atoms with Crippen molar-refractivity contribution < 1.29 is 14.1 Å². The van der Waals surface area contributed by atoms with Crippen LogP contribution in [0.4, 0.5) is 0 Å². The zero-order chi connectivity index (χ0) is 21.2. The number of ether oxygens (including phenoxy) is 1. The molecule has 0 spiro atoms. The molecule has 158 valence electrons. The molecule has 1 saturated heterocycles. The molecule has 0 saturated carbocycles. The summed E-state index contributed by atoms with van der Waals surface area (Å²) in [4.78, 5) is 18.8. The van der Waals surface area contributed by atoms with Crippen LogP contribution >= 0.6 is 0 Å². The quantitative estimate of drug-likeness (QED) is 0.491. The third-order valence-corrected chi connectivity index (χ3v) is 5.47. The first-order valence-electron chi connectivity index (χ1n) is 10.3. The van der Waals surface area contributed by atoms with E-state index in [1.165, 1.54) is 0 Å². The van der Waals surface area contributed by atoms with E-state index in [0.717, 1.165) is 27.7 Å². The summed E-state index contributed by atoms with van der Waals surface area (Å²) >= 11 is 0. The van der Waals surface area contributed by atoms with E-state index < -0.39 is 0 Å². The number of carbonyl (C=O) groups is 1. The van der Waals surface area contributed by atoms with Crippen LogP contribution < -0.4 is 0 Å². The Morgan fingerprint density at radius 2 is 1.97 bits per heavy atom. The van der Waals surface area contributed by atoms with E-state index in [0.29, 0.717) is 51.0 Å². The molecule has 0 unspecified atom stereocenters. The maximum Gasteiger partial charge on any atom is 0.258 e. The summed E-state index contributed by atoms with van der Waals surface area (Å²) in [6, 6.07) is 13.6. The first-order valence-corrected chi connectivity index (χ1v) is 10.3. The van der Waals surface area contributed by atoms with Crippen molar-refractivity contribution in [1.82, 2.24) is 30.0 Å². The molecule has 1 fully saturated rings. The van der Waals surface area contributed by atoms with Gasteiger partial charge in [0, 0.05) is 30.6 Å². The van der Waals surface area contributed by atoms with E-state index in [9.17, 15) is 4.79 Å². The second-order valence-corrected chi connectivity index (χ2v) is 7.50. The molecule has 31 heavy (non-hydrogen) atoms. The van der Waals surface area contributed by atoms with Gasteiger partial charge in [-0.05, 0) is 36.8 Å². The van der Waals surface area contributed by atoms with Crippen molar-refractivity contribution in [2.75, 3.05) is 26.3 Å². The summed E-state index contributed by atoms with van der Waals surface area (Å²) < 4.78 is 12.5. The average Bonchev–Trinajstić information content (AvgIpc) is 3.45. The lowest BCUT2D eigenvalue weighted by molar-refractivity contribution is -0.135. The minimum atomic E-state index is 0.110. The fraction of sp³-hybridized carbons (Fsp3) is 0.318. The predicted octanol–water partition coefficient (Wildman–Crippen LogP) is 2.71. The first kappa shape index (κ1) is 19.4. The number of benzene rings is 2. The molecule has 1 aliphatic rings. The lowest BCUT2D eigenvalue weighted by atomic mass is 10.1. The van der Waals surface area contributed by atoms with Gasteiger partial charge in [0.1, 0.15) is 5.52 Å². The Bertz CT molecular complexity index is 1220. The van der Waals surface area contributed by atoms with Gasteiger partial charge in [0.15, 0.2) is 0 Å². The number of aryl methyl sites for hydroxylation is 2. The van der Waals surface area contributed by atoms with Crippen LogP contribution in [-0.2, 0) is 16.1 Å². The second-order valence-electron chi connectivity index (χ2n) is 7.50. The number of morpholine rings is 1. The minimum absolute atomic E-state index is 0.110. The molecule has 9 heteroatoms. The van der Waals surface area contributed by atoms with Crippen molar-refractivity contribution >= 4 is 16.9 Å². The molecule has 0 atom stereocenters. The van der Waals surface area contributed by atoms with Crippen molar-refractivity contribution in [3.8, 4) is 22.8 Å². The first-order chi connectivity index (χ1) is 15.2. The Balaban J connectivity index is 1.33. The highest BCUT2D eigenvalue weighted by Gasteiger charge is 2.18. The number of amides is 1. The maximum absolute atomic E-state index is 12.4. The van der Waals surface area contributed by atoms with E-state index in [2.05, 4.69) is 20.5 Å². The van der Waals surface area contributed by atoms with Gasteiger partial charge in [-0.15, -0.1) is 5.10 Å². The summed E-state index contributed by atoms with van der Waals surface area (Å²) in [7, 11) is 0. The lowest BCUT2D eigenvalue weighted by Crippen LogP contribution is -2.41. The van der Waals surface area contributed by atoms with Gasteiger partial charge in [0.05, 0.1) is 25.3 Å². The molecule has 2 aromatic heterocycles. The number of hydrogen-bond donors (Lipinski definition) is 0. The largest absolute Gasteiger partial charge is 0.378 e. The SMILES string of the molecule is Cc1ccccc1-c1nc(-c2ccc3c(c2)nnn3CCC(=O)N2CCOCC2)no1. The van der Waals surface area contributed by atoms with Crippen molar-refractivity contribution in [2.45, 2.75) is 19.9 Å². The van der Waals surface area contributed by atoms with Gasteiger partial charge in [-0.2, -0.15) is 4.98 Å². The Kier molecular flexibility index (Phi) is 5.17. The van der Waals surface area contributed by atoms with Crippen molar-refractivity contribution in [3.05, 3.63) is 48.0 Å². The monoisotopic (exact) mass is 418 g/mol. The van der Waals surface area contributed by atoms with Gasteiger partial charge in [-0.1, -0.05) is 28.6 Å². The van der Waals surface area contributed by atoms with Gasteiger partial charge in [-0.25, -0.2) is 4.68 Å². The molecule has 1 aliphatic heterocycles. The van der Waals surface area contributed by atoms with Crippen LogP contribution in [0.15, 0.2) is 47.0 Å². The topological polar surface area (TPSA) is 99.2 Å². The maximum atomic E-state index is 12.4. The highest BCUT2D eigenvalue weighted by Crippen LogP contribution is 2.26. The molecular weight excluding hydrogens is 396 g/mol. The Hall–Kier alpha value is -3.59. The van der Waals surface area contributed by atoms with Gasteiger partial charge in [0.25, 0.3) is 5.89 Å². The van der Waals surface area contributed by atoms with Crippen molar-refractivity contribution in [3.63, 3.8) is 0 Å². The summed E-state index contributed by atoms with van der Waals surface area (Å²) in [5, 5.41) is 12.6. The Labute approximate surface area is 178 Å². The number of aromatic nitrogens is 5. The van der Waals surface area contributed by atoms with Gasteiger partial charge in [0.2, 0.25) is 11.7 Å². The van der Waals surface area contributed by atoms with Gasteiger partial charge >= 0.3 is 0 Å². The van der Waals surface area contributed by atoms with Gasteiger partial charge in [-0.3, -0.25) is 4.79 Å². The fourth-order valence-corrected chi connectivity index (χ4v) is 3.71. The third kappa shape index (κ3) is 3.91. The summed E-state index contributed by atoms with van der Waals surface area (Å²) in [6.45, 7) is 4.98. The van der Waals surface area contributed by atoms with Crippen LogP contribution in [0.1, 0.15) is 12.0 Å². The van der Waals surface area contributed by atoms with Crippen LogP contribution in [0.3, 0.4) is 0 Å². The Morgan fingerprint density at radius 3 is 2.81 bits per heavy atom. The van der Waals surface area contributed by atoms with E-state index in [1.54, 1.807) is 4.68 Å². The number of carbonyl (C=O) groups excluding carboxylic acids is 1. The Morgan fingerprint density at radius 1 is 1.13 bits per heavy atom. The van der Waals surface area contributed by atoms with E-state index in [4.69, 9.17) is 9.26 Å². The van der Waals surface area contributed by atoms with Crippen molar-refractivity contribution in [2.24, 2.45) is 0 Å². The van der Waals surface area contributed by atoms with Crippen LogP contribution in [0.2, 0.25) is 0 Å². The molecule has 0 aliphatic carbocycles. The summed E-state index contributed by atoms with van der Waals surface area (Å²) in [6.07, 6.45) is 0.380. The third-order valence-electron chi connectivity index (χ3n) is 5.47. The summed E-state index contributed by atoms with van der Waals surface area (Å²) in [5.74, 6) is 1.09. The molecule has 3 heterocycles. The normalized spacial score (nSPS) is 14.3. The molecule has 0 N–H and O–H groups in total. The molecular formula is C22H22N6O3. The van der Waals surface area contributed by atoms with Crippen LogP contribution in [0.25, 0.3) is 33.9 Å². The number of fused-ring (bicyclic) bond motifs is 1. The van der Waals surface area contributed by atoms with E-state index in [-0.39, 0.29) is 5.91 Å². The second kappa shape index (κ2) is 8.27.